The van der Waals surface area contributed by atoms with Crippen molar-refractivity contribution in [1.29, 1.82) is 0 Å². The van der Waals surface area contributed by atoms with Crippen LogP contribution in [0.4, 0.5) is 0 Å². The molecule has 0 atom stereocenters. The Morgan fingerprint density at radius 3 is 2.19 bits per heavy atom. The second-order valence-corrected chi connectivity index (χ2v) is 10.9. The van der Waals surface area contributed by atoms with Crippen molar-refractivity contribution in [2.24, 2.45) is 4.99 Å². The fourth-order valence-electron chi connectivity index (χ4n) is 4.01. The number of phenols is 1. The van der Waals surface area contributed by atoms with E-state index < -0.39 is 20.8 Å². The van der Waals surface area contributed by atoms with Gasteiger partial charge in [-0.3, -0.25) is 4.99 Å². The van der Waals surface area contributed by atoms with Crippen LogP contribution in [0.25, 0.3) is 0 Å². The molecule has 0 aliphatic heterocycles. The van der Waals surface area contributed by atoms with E-state index in [4.69, 9.17) is 26.8 Å². The molecule has 26 heavy (non-hydrogen) atoms. The van der Waals surface area contributed by atoms with Gasteiger partial charge in [0.2, 0.25) is 0 Å². The Morgan fingerprint density at radius 2 is 1.62 bits per heavy atom. The number of phenolic OH excluding ortho intramolecular Hbond substituents is 1. The Labute approximate surface area is 176 Å². The molecule has 2 aliphatic carbocycles. The van der Waals surface area contributed by atoms with Crippen molar-refractivity contribution < 1.29 is 30.7 Å². The molecule has 2 aliphatic rings. The van der Waals surface area contributed by atoms with Crippen LogP contribution in [0.15, 0.2) is 17.1 Å². The fraction of sp³-hybridized carbons (Fsp3) is 0.650. The van der Waals surface area contributed by atoms with Crippen molar-refractivity contribution in [2.45, 2.75) is 76.2 Å². The van der Waals surface area contributed by atoms with Crippen LogP contribution in [0.5, 0.6) is 11.5 Å². The van der Waals surface area contributed by atoms with Gasteiger partial charge in [0.25, 0.3) is 0 Å². The topological polar surface area (TPSA) is 41.8 Å². The summed E-state index contributed by atoms with van der Waals surface area (Å²) < 4.78 is 5.46. The SMILES string of the molecule is COc1cc(C=NC2CCCCC2)c(O)c(C2CCCCC2)c1.[Cl][Zr][Cl]. The molecule has 6 heteroatoms. The zero-order chi connectivity index (χ0) is 18.8. The number of nitrogens with zero attached hydrogens (tertiary/aromatic N) is 1. The van der Waals surface area contributed by atoms with Crippen molar-refractivity contribution >= 4 is 23.2 Å². The molecule has 3 nitrogen and oxygen atoms in total. The first-order valence-electron chi connectivity index (χ1n) is 9.60. The number of hydrogen-bond donors (Lipinski definition) is 1. The van der Waals surface area contributed by atoms with E-state index in [0.717, 1.165) is 16.9 Å². The molecule has 0 aromatic heterocycles. The van der Waals surface area contributed by atoms with Gasteiger partial charge in [-0.1, -0.05) is 38.5 Å². The molecular weight excluding hydrogens is 448 g/mol. The summed E-state index contributed by atoms with van der Waals surface area (Å²) in [6, 6.07) is 4.35. The van der Waals surface area contributed by atoms with E-state index >= 15 is 0 Å². The van der Waals surface area contributed by atoms with E-state index in [1.54, 1.807) is 7.11 Å². The van der Waals surface area contributed by atoms with Crippen LogP contribution in [0.3, 0.4) is 0 Å². The summed E-state index contributed by atoms with van der Waals surface area (Å²) >= 11 is -0.826. The number of ether oxygens (including phenoxy) is 1. The van der Waals surface area contributed by atoms with E-state index in [-0.39, 0.29) is 0 Å². The average molecular weight is 478 g/mol. The molecule has 0 amide bonds. The standard InChI is InChI=1S/C20H29NO2.2ClH.Zr/c1-23-18-12-16(14-21-17-10-6-3-7-11-17)20(22)19(13-18)15-8-4-2-5-9-15;;;/h12-15,17,22H,2-11H2,1H3;2*1H;/q;;;+2/p-2. The summed E-state index contributed by atoms with van der Waals surface area (Å²) in [6.07, 6.45) is 14.3. The number of halogens is 2. The van der Waals surface area contributed by atoms with Gasteiger partial charge in [0.15, 0.2) is 0 Å². The molecule has 1 aromatic carbocycles. The molecule has 0 heterocycles. The zero-order valence-corrected chi connectivity index (χ0v) is 19.5. The fourth-order valence-corrected chi connectivity index (χ4v) is 4.01. The third kappa shape index (κ3) is 6.84. The van der Waals surface area contributed by atoms with Crippen LogP contribution in [-0.2, 0) is 20.8 Å². The Hall–Kier alpha value is -0.0469. The first kappa shape index (κ1) is 22.2. The molecule has 3 rings (SSSR count). The van der Waals surface area contributed by atoms with Gasteiger partial charge in [0, 0.05) is 23.4 Å². The summed E-state index contributed by atoms with van der Waals surface area (Å²) in [4.78, 5) is 4.74. The number of benzene rings is 1. The van der Waals surface area contributed by atoms with Gasteiger partial charge in [-0.2, -0.15) is 0 Å². The maximum absolute atomic E-state index is 10.7. The van der Waals surface area contributed by atoms with Crippen LogP contribution < -0.4 is 4.74 Å². The molecule has 0 spiro atoms. The second kappa shape index (κ2) is 12.4. The van der Waals surface area contributed by atoms with Crippen molar-refractivity contribution in [3.05, 3.63) is 23.3 Å². The first-order valence-corrected chi connectivity index (χ1v) is 15.9. The van der Waals surface area contributed by atoms with Crippen LogP contribution in [0, 0.1) is 0 Å². The van der Waals surface area contributed by atoms with Crippen molar-refractivity contribution in [1.82, 2.24) is 0 Å². The number of rotatable bonds is 4. The second-order valence-electron chi connectivity index (χ2n) is 7.13. The van der Waals surface area contributed by atoms with E-state index in [2.05, 4.69) is 0 Å². The monoisotopic (exact) mass is 475 g/mol. The van der Waals surface area contributed by atoms with E-state index in [1.807, 2.05) is 18.3 Å². The van der Waals surface area contributed by atoms with Crippen LogP contribution in [-0.4, -0.2) is 24.5 Å². The van der Waals surface area contributed by atoms with E-state index in [9.17, 15) is 5.11 Å². The number of aromatic hydroxyl groups is 1. The molecule has 0 bridgehead atoms. The van der Waals surface area contributed by atoms with Crippen LogP contribution in [0.1, 0.15) is 81.3 Å². The zero-order valence-electron chi connectivity index (χ0n) is 15.5. The Bertz CT molecular complexity index is 571. The predicted octanol–water partition coefficient (Wildman–Crippen LogP) is 6.58. The molecule has 1 aromatic rings. The molecule has 2 fully saturated rings. The average Bonchev–Trinajstić information content (AvgIpc) is 2.69. The molecule has 2 saturated carbocycles. The number of hydrogen-bond acceptors (Lipinski definition) is 3. The maximum atomic E-state index is 10.7. The molecule has 1 N–H and O–H groups in total. The van der Waals surface area contributed by atoms with Gasteiger partial charge in [-0.05, 0) is 43.7 Å². The third-order valence-corrected chi connectivity index (χ3v) is 5.42. The normalized spacial score (nSPS) is 19.0. The minimum atomic E-state index is -0.826. The molecule has 0 unspecified atom stereocenters. The predicted molar refractivity (Wildman–Crippen MR) is 107 cm³/mol. The van der Waals surface area contributed by atoms with Crippen molar-refractivity contribution in [2.75, 3.05) is 7.11 Å². The van der Waals surface area contributed by atoms with E-state index in [1.165, 1.54) is 64.2 Å². The van der Waals surface area contributed by atoms with Gasteiger partial charge < -0.3 is 9.84 Å². The van der Waals surface area contributed by atoms with Crippen molar-refractivity contribution in [3.8, 4) is 11.5 Å². The van der Waals surface area contributed by atoms with Gasteiger partial charge in [0.1, 0.15) is 11.5 Å². The summed E-state index contributed by atoms with van der Waals surface area (Å²) in [6.45, 7) is 0. The van der Waals surface area contributed by atoms with E-state index in [0.29, 0.717) is 17.7 Å². The van der Waals surface area contributed by atoms with Gasteiger partial charge in [-0.25, -0.2) is 0 Å². The number of aliphatic imine (C=N–C) groups is 1. The summed E-state index contributed by atoms with van der Waals surface area (Å²) in [5.41, 5.74) is 1.87. The summed E-state index contributed by atoms with van der Waals surface area (Å²) in [5.74, 6) is 1.70. The van der Waals surface area contributed by atoms with Crippen LogP contribution in [0.2, 0.25) is 0 Å². The Balaban J connectivity index is 0.000000758. The third-order valence-electron chi connectivity index (χ3n) is 5.42. The molecule has 0 radical (unpaired) electrons. The van der Waals surface area contributed by atoms with Gasteiger partial charge in [0.05, 0.1) is 7.11 Å². The van der Waals surface area contributed by atoms with Gasteiger partial charge >= 0.3 is 37.9 Å². The molecular formula is C20H29Cl2NO2Zr. The summed E-state index contributed by atoms with van der Waals surface area (Å²) in [5, 5.41) is 10.7. The summed E-state index contributed by atoms with van der Waals surface area (Å²) in [7, 11) is 11.6. The quantitative estimate of drug-likeness (QED) is 0.498. The van der Waals surface area contributed by atoms with Crippen LogP contribution >= 0.6 is 17.0 Å². The Kier molecular flexibility index (Phi) is 10.6. The molecule has 144 valence electrons. The number of methoxy groups -OCH3 is 1. The Morgan fingerprint density at radius 1 is 1.04 bits per heavy atom. The van der Waals surface area contributed by atoms with Crippen molar-refractivity contribution in [3.63, 3.8) is 0 Å². The first-order chi connectivity index (χ1) is 12.7. The minimum absolute atomic E-state index is 0.414. The van der Waals surface area contributed by atoms with Gasteiger partial charge in [-0.15, -0.1) is 0 Å². The molecule has 0 saturated heterocycles.